The molecule has 1 aromatic carbocycles. The van der Waals surface area contributed by atoms with Crippen molar-refractivity contribution < 1.29 is 13.5 Å². The number of rotatable bonds is 7. The molecular formula is C15H17F2NOS. The number of likely N-dealkylation sites (N-methyl/N-ethyl adjacent to an activating group) is 1. The second-order valence-electron chi connectivity index (χ2n) is 4.34. The first-order valence-corrected chi connectivity index (χ1v) is 7.37. The van der Waals surface area contributed by atoms with Crippen LogP contribution in [-0.2, 0) is 6.42 Å². The number of hydrogen-bond acceptors (Lipinski definition) is 3. The Kier molecular flexibility index (Phi) is 5.49. The lowest BCUT2D eigenvalue weighted by atomic mass is 10.0. The van der Waals surface area contributed by atoms with Crippen molar-refractivity contribution in [2.75, 3.05) is 6.54 Å². The maximum Gasteiger partial charge on any atom is 0.387 e. The maximum atomic E-state index is 12.3. The van der Waals surface area contributed by atoms with Crippen LogP contribution in [-0.4, -0.2) is 13.2 Å². The normalized spacial score (nSPS) is 12.6. The van der Waals surface area contributed by atoms with Gasteiger partial charge in [0.1, 0.15) is 5.75 Å². The summed E-state index contributed by atoms with van der Waals surface area (Å²) < 4.78 is 29.0. The summed E-state index contributed by atoms with van der Waals surface area (Å²) >= 11 is 1.70. The highest BCUT2D eigenvalue weighted by atomic mass is 32.1. The Bertz CT molecular complexity index is 516. The van der Waals surface area contributed by atoms with Crippen molar-refractivity contribution in [3.63, 3.8) is 0 Å². The number of nitrogens with one attached hydrogen (secondary N) is 1. The predicted octanol–water partition coefficient (Wildman–Crippen LogP) is 4.24. The number of thiophene rings is 1. The summed E-state index contributed by atoms with van der Waals surface area (Å²) in [4.78, 5) is 1.26. The molecule has 0 aliphatic carbocycles. The van der Waals surface area contributed by atoms with Crippen LogP contribution in [0.2, 0.25) is 0 Å². The standard InChI is InChI=1S/C15H17F2NOS/c1-2-18-14(10-13-7-4-8-20-13)11-5-3-6-12(9-11)19-15(16)17/h3-9,14-15,18H,2,10H2,1H3. The number of ether oxygens (including phenoxy) is 1. The van der Waals surface area contributed by atoms with Gasteiger partial charge in [0, 0.05) is 17.3 Å². The van der Waals surface area contributed by atoms with E-state index in [0.29, 0.717) is 0 Å². The SMILES string of the molecule is CCNC(Cc1cccs1)c1cccc(OC(F)F)c1. The summed E-state index contributed by atoms with van der Waals surface area (Å²) in [6, 6.07) is 11.1. The molecule has 1 aromatic heterocycles. The third-order valence-electron chi connectivity index (χ3n) is 2.92. The third kappa shape index (κ3) is 4.28. The summed E-state index contributed by atoms with van der Waals surface area (Å²) in [6.07, 6.45) is 0.837. The van der Waals surface area contributed by atoms with E-state index in [2.05, 4.69) is 16.1 Å². The van der Waals surface area contributed by atoms with Crippen LogP contribution < -0.4 is 10.1 Å². The van der Waals surface area contributed by atoms with Crippen LogP contribution in [0.3, 0.4) is 0 Å². The van der Waals surface area contributed by atoms with E-state index in [1.54, 1.807) is 29.5 Å². The minimum Gasteiger partial charge on any atom is -0.435 e. The average Bonchev–Trinajstić information content (AvgIpc) is 2.91. The Morgan fingerprint density at radius 1 is 1.25 bits per heavy atom. The van der Waals surface area contributed by atoms with Gasteiger partial charge in [0.15, 0.2) is 0 Å². The van der Waals surface area contributed by atoms with Crippen molar-refractivity contribution in [2.24, 2.45) is 0 Å². The molecule has 0 spiro atoms. The molecule has 0 amide bonds. The van der Waals surface area contributed by atoms with Gasteiger partial charge in [-0.25, -0.2) is 0 Å². The highest BCUT2D eigenvalue weighted by Gasteiger charge is 2.13. The van der Waals surface area contributed by atoms with E-state index >= 15 is 0 Å². The Morgan fingerprint density at radius 2 is 2.10 bits per heavy atom. The quantitative estimate of drug-likeness (QED) is 0.825. The number of hydrogen-bond donors (Lipinski definition) is 1. The van der Waals surface area contributed by atoms with E-state index in [1.807, 2.05) is 24.4 Å². The summed E-state index contributed by atoms with van der Waals surface area (Å²) in [5.41, 5.74) is 0.957. The number of alkyl halides is 2. The minimum atomic E-state index is -2.79. The molecule has 5 heteroatoms. The molecule has 2 nitrogen and oxygen atoms in total. The van der Waals surface area contributed by atoms with Crippen LogP contribution in [0, 0.1) is 0 Å². The summed E-state index contributed by atoms with van der Waals surface area (Å²) in [5.74, 6) is 0.201. The predicted molar refractivity (Wildman–Crippen MR) is 77.5 cm³/mol. The Balaban J connectivity index is 2.15. The van der Waals surface area contributed by atoms with Gasteiger partial charge in [-0.05, 0) is 35.7 Å². The molecule has 1 unspecified atom stereocenters. The van der Waals surface area contributed by atoms with E-state index in [9.17, 15) is 8.78 Å². The molecule has 1 atom stereocenters. The number of halogens is 2. The highest BCUT2D eigenvalue weighted by molar-refractivity contribution is 7.09. The fraction of sp³-hybridized carbons (Fsp3) is 0.333. The molecule has 0 saturated carbocycles. The Hall–Kier alpha value is -1.46. The first kappa shape index (κ1) is 14.9. The first-order valence-electron chi connectivity index (χ1n) is 6.49. The molecule has 1 heterocycles. The lowest BCUT2D eigenvalue weighted by Gasteiger charge is -2.18. The van der Waals surface area contributed by atoms with Crippen LogP contribution in [0.15, 0.2) is 41.8 Å². The van der Waals surface area contributed by atoms with Crippen molar-refractivity contribution in [1.82, 2.24) is 5.32 Å². The third-order valence-corrected chi connectivity index (χ3v) is 3.82. The van der Waals surface area contributed by atoms with Crippen molar-refractivity contribution in [3.8, 4) is 5.75 Å². The molecule has 0 aliphatic heterocycles. The van der Waals surface area contributed by atoms with Crippen LogP contribution in [0.5, 0.6) is 5.75 Å². The molecule has 0 radical (unpaired) electrons. The second kappa shape index (κ2) is 7.36. The van der Waals surface area contributed by atoms with E-state index < -0.39 is 6.61 Å². The van der Waals surface area contributed by atoms with Crippen LogP contribution in [0.1, 0.15) is 23.4 Å². The molecule has 2 aromatic rings. The van der Waals surface area contributed by atoms with Crippen LogP contribution in [0.4, 0.5) is 8.78 Å². The Labute approximate surface area is 121 Å². The minimum absolute atomic E-state index is 0.0971. The molecule has 108 valence electrons. The van der Waals surface area contributed by atoms with Gasteiger partial charge in [0.25, 0.3) is 0 Å². The molecule has 0 fully saturated rings. The zero-order valence-corrected chi connectivity index (χ0v) is 12.0. The zero-order chi connectivity index (χ0) is 14.4. The van der Waals surface area contributed by atoms with E-state index in [4.69, 9.17) is 0 Å². The van der Waals surface area contributed by atoms with E-state index in [-0.39, 0.29) is 11.8 Å². The van der Waals surface area contributed by atoms with Gasteiger partial charge < -0.3 is 10.1 Å². The topological polar surface area (TPSA) is 21.3 Å². The second-order valence-corrected chi connectivity index (χ2v) is 5.38. The molecular weight excluding hydrogens is 280 g/mol. The van der Waals surface area contributed by atoms with E-state index in [1.165, 1.54) is 4.88 Å². The maximum absolute atomic E-state index is 12.3. The van der Waals surface area contributed by atoms with Crippen LogP contribution in [0.25, 0.3) is 0 Å². The van der Waals surface area contributed by atoms with Gasteiger partial charge >= 0.3 is 6.61 Å². The molecule has 20 heavy (non-hydrogen) atoms. The van der Waals surface area contributed by atoms with Crippen molar-refractivity contribution >= 4 is 11.3 Å². The lowest BCUT2D eigenvalue weighted by molar-refractivity contribution is -0.0499. The van der Waals surface area contributed by atoms with E-state index in [0.717, 1.165) is 18.5 Å². The van der Waals surface area contributed by atoms with Gasteiger partial charge in [0.05, 0.1) is 0 Å². The fourth-order valence-corrected chi connectivity index (χ4v) is 2.84. The van der Waals surface area contributed by atoms with Gasteiger partial charge in [-0.15, -0.1) is 11.3 Å². The van der Waals surface area contributed by atoms with Gasteiger partial charge in [-0.2, -0.15) is 8.78 Å². The zero-order valence-electron chi connectivity index (χ0n) is 11.2. The monoisotopic (exact) mass is 297 g/mol. The largest absolute Gasteiger partial charge is 0.435 e. The lowest BCUT2D eigenvalue weighted by Crippen LogP contribution is -2.22. The fourth-order valence-electron chi connectivity index (χ4n) is 2.09. The Morgan fingerprint density at radius 3 is 2.75 bits per heavy atom. The number of benzene rings is 1. The molecule has 2 rings (SSSR count). The molecule has 1 N–H and O–H groups in total. The van der Waals surface area contributed by atoms with Gasteiger partial charge in [-0.1, -0.05) is 25.1 Å². The molecule has 0 bridgehead atoms. The summed E-state index contributed by atoms with van der Waals surface area (Å²) in [7, 11) is 0. The van der Waals surface area contributed by atoms with Crippen molar-refractivity contribution in [3.05, 3.63) is 52.2 Å². The summed E-state index contributed by atoms with van der Waals surface area (Å²) in [6.45, 7) is 0.0526. The smallest absolute Gasteiger partial charge is 0.387 e. The van der Waals surface area contributed by atoms with Gasteiger partial charge in [0.2, 0.25) is 0 Å². The summed E-state index contributed by atoms with van der Waals surface area (Å²) in [5, 5.41) is 5.42. The van der Waals surface area contributed by atoms with Gasteiger partial charge in [-0.3, -0.25) is 0 Å². The highest BCUT2D eigenvalue weighted by Crippen LogP contribution is 2.25. The molecule has 0 saturated heterocycles. The molecule has 0 aliphatic rings. The van der Waals surface area contributed by atoms with Crippen LogP contribution >= 0.6 is 11.3 Å². The van der Waals surface area contributed by atoms with Crippen molar-refractivity contribution in [2.45, 2.75) is 26.0 Å². The van der Waals surface area contributed by atoms with Crippen molar-refractivity contribution in [1.29, 1.82) is 0 Å². The average molecular weight is 297 g/mol. The first-order chi connectivity index (χ1) is 9.69.